The van der Waals surface area contributed by atoms with Crippen LogP contribution in [0.1, 0.15) is 78.6 Å². The Bertz CT molecular complexity index is 748. The van der Waals surface area contributed by atoms with Crippen LogP contribution in [0, 0.1) is 23.2 Å². The van der Waals surface area contributed by atoms with E-state index in [1.54, 1.807) is 0 Å². The van der Waals surface area contributed by atoms with Gasteiger partial charge in [0.15, 0.2) is 0 Å². The van der Waals surface area contributed by atoms with Crippen LogP contribution >= 0.6 is 0 Å². The number of hydrogen-bond donors (Lipinski definition) is 3. The van der Waals surface area contributed by atoms with Crippen molar-refractivity contribution in [1.29, 1.82) is 0 Å². The van der Waals surface area contributed by atoms with E-state index >= 15 is 0 Å². The Labute approximate surface area is 188 Å². The standard InChI is InChI=1S/C27H42O4/c1-17(7-12-25(30)27(4)16-31-27)22-10-11-23-19(6-5-13-26(22,23)3)8-9-20-14-21(28)15-24(29)18(20)2/h8-9,17,21-25,28-30H,2,5-7,10-16H2,1,3-4H3/b19-8+,20-9+/t17-,21-,22-,23+,24+,25+,26-,27-/m1/s1. The van der Waals surface area contributed by atoms with Crippen molar-refractivity contribution in [2.45, 2.75) is 102 Å². The van der Waals surface area contributed by atoms with Gasteiger partial charge in [0.25, 0.3) is 0 Å². The van der Waals surface area contributed by atoms with Crippen LogP contribution in [0.3, 0.4) is 0 Å². The molecule has 0 aromatic carbocycles. The van der Waals surface area contributed by atoms with Crippen molar-refractivity contribution < 1.29 is 20.1 Å². The van der Waals surface area contributed by atoms with Gasteiger partial charge in [-0.05, 0) is 92.6 Å². The van der Waals surface area contributed by atoms with Crippen molar-refractivity contribution >= 4 is 0 Å². The summed E-state index contributed by atoms with van der Waals surface area (Å²) in [5.74, 6) is 1.92. The van der Waals surface area contributed by atoms with Gasteiger partial charge in [0, 0.05) is 6.42 Å². The van der Waals surface area contributed by atoms with Crippen LogP contribution in [0.2, 0.25) is 0 Å². The zero-order valence-corrected chi connectivity index (χ0v) is 19.6. The minimum absolute atomic E-state index is 0.291. The summed E-state index contributed by atoms with van der Waals surface area (Å²) in [4.78, 5) is 0. The molecule has 0 radical (unpaired) electrons. The van der Waals surface area contributed by atoms with Crippen molar-refractivity contribution in [3.8, 4) is 0 Å². The Balaban J connectivity index is 1.44. The van der Waals surface area contributed by atoms with Crippen molar-refractivity contribution in [2.75, 3.05) is 6.61 Å². The highest BCUT2D eigenvalue weighted by molar-refractivity contribution is 5.38. The van der Waals surface area contributed by atoms with E-state index < -0.39 is 12.2 Å². The number of epoxide rings is 1. The SMILES string of the molecule is C=C1/C(=C/C=C2\CCC[C@]3(C)[C@@H]([C@H](C)CC[C@H](O)[C@@]4(C)CO4)CC[C@@H]23)C[C@@H](O)C[C@@H]1O. The smallest absolute Gasteiger partial charge is 0.115 e. The summed E-state index contributed by atoms with van der Waals surface area (Å²) in [7, 11) is 0. The molecule has 4 rings (SSSR count). The van der Waals surface area contributed by atoms with Crippen LogP contribution in [0.4, 0.5) is 0 Å². The molecule has 1 saturated heterocycles. The Hall–Kier alpha value is -0.940. The van der Waals surface area contributed by atoms with Gasteiger partial charge in [-0.25, -0.2) is 0 Å². The molecule has 0 aromatic rings. The number of allylic oxidation sites excluding steroid dienone is 3. The third-order valence-electron chi connectivity index (χ3n) is 9.19. The zero-order valence-electron chi connectivity index (χ0n) is 19.6. The van der Waals surface area contributed by atoms with Crippen LogP contribution < -0.4 is 0 Å². The Morgan fingerprint density at radius 1 is 1.19 bits per heavy atom. The minimum Gasteiger partial charge on any atom is -0.393 e. The summed E-state index contributed by atoms with van der Waals surface area (Å²) in [5, 5.41) is 30.6. The average molecular weight is 431 g/mol. The van der Waals surface area contributed by atoms with Gasteiger partial charge in [-0.1, -0.05) is 38.2 Å². The average Bonchev–Trinajstić information content (AvgIpc) is 3.37. The highest BCUT2D eigenvalue weighted by Crippen LogP contribution is 2.60. The number of hydrogen-bond acceptors (Lipinski definition) is 4. The lowest BCUT2D eigenvalue weighted by molar-refractivity contribution is 0.0546. The van der Waals surface area contributed by atoms with Crippen LogP contribution in [-0.2, 0) is 4.74 Å². The molecule has 0 spiro atoms. The van der Waals surface area contributed by atoms with E-state index in [1.807, 2.05) is 6.92 Å². The molecular formula is C27H42O4. The van der Waals surface area contributed by atoms with Crippen LogP contribution in [0.25, 0.3) is 0 Å². The quantitative estimate of drug-likeness (QED) is 0.534. The summed E-state index contributed by atoms with van der Waals surface area (Å²) in [6.45, 7) is 11.6. The van der Waals surface area contributed by atoms with E-state index in [4.69, 9.17) is 4.74 Å². The number of rotatable bonds is 6. The number of ether oxygens (including phenoxy) is 1. The molecule has 1 heterocycles. The molecule has 4 aliphatic rings. The molecule has 4 nitrogen and oxygen atoms in total. The summed E-state index contributed by atoms with van der Waals surface area (Å²) in [5.41, 5.74) is 3.34. The number of aliphatic hydroxyl groups excluding tert-OH is 3. The molecule has 4 fully saturated rings. The van der Waals surface area contributed by atoms with E-state index in [1.165, 1.54) is 31.3 Å². The minimum atomic E-state index is -0.625. The van der Waals surface area contributed by atoms with Crippen molar-refractivity contribution in [3.05, 3.63) is 35.5 Å². The van der Waals surface area contributed by atoms with Crippen LogP contribution in [0.5, 0.6) is 0 Å². The van der Waals surface area contributed by atoms with Gasteiger partial charge < -0.3 is 20.1 Å². The predicted molar refractivity (Wildman–Crippen MR) is 123 cm³/mol. The summed E-state index contributed by atoms with van der Waals surface area (Å²) in [6.07, 6.45) is 12.0. The van der Waals surface area contributed by atoms with Gasteiger partial charge in [0.05, 0.1) is 24.9 Å². The van der Waals surface area contributed by atoms with E-state index in [2.05, 4.69) is 32.6 Å². The molecule has 3 aliphatic carbocycles. The lowest BCUT2D eigenvalue weighted by Crippen LogP contribution is -2.36. The second-order valence-electron chi connectivity index (χ2n) is 11.3. The molecule has 8 atom stereocenters. The lowest BCUT2D eigenvalue weighted by Gasteiger charge is -2.44. The number of aliphatic hydroxyl groups is 3. The third kappa shape index (κ3) is 4.59. The summed E-state index contributed by atoms with van der Waals surface area (Å²) < 4.78 is 5.43. The molecule has 0 unspecified atom stereocenters. The van der Waals surface area contributed by atoms with Crippen molar-refractivity contribution in [3.63, 3.8) is 0 Å². The fraction of sp³-hybridized carbons (Fsp3) is 0.778. The Morgan fingerprint density at radius 2 is 1.94 bits per heavy atom. The predicted octanol–water partition coefficient (Wildman–Crippen LogP) is 4.69. The Morgan fingerprint density at radius 3 is 2.65 bits per heavy atom. The lowest BCUT2D eigenvalue weighted by atomic mass is 9.60. The van der Waals surface area contributed by atoms with Crippen molar-refractivity contribution in [2.24, 2.45) is 23.2 Å². The fourth-order valence-corrected chi connectivity index (χ4v) is 6.91. The molecule has 31 heavy (non-hydrogen) atoms. The van der Waals surface area contributed by atoms with Gasteiger partial charge in [0.2, 0.25) is 0 Å². The van der Waals surface area contributed by atoms with Gasteiger partial charge in [0.1, 0.15) is 5.60 Å². The van der Waals surface area contributed by atoms with E-state index in [0.29, 0.717) is 42.6 Å². The maximum Gasteiger partial charge on any atom is 0.115 e. The molecule has 0 aromatic heterocycles. The van der Waals surface area contributed by atoms with Gasteiger partial charge >= 0.3 is 0 Å². The van der Waals surface area contributed by atoms with Crippen molar-refractivity contribution in [1.82, 2.24) is 0 Å². The molecule has 0 amide bonds. The molecule has 3 N–H and O–H groups in total. The first-order valence-corrected chi connectivity index (χ1v) is 12.4. The highest BCUT2D eigenvalue weighted by Gasteiger charge is 2.51. The van der Waals surface area contributed by atoms with E-state index in [-0.39, 0.29) is 11.7 Å². The van der Waals surface area contributed by atoms with E-state index in [0.717, 1.165) is 30.4 Å². The normalized spacial score (nSPS) is 45.0. The second kappa shape index (κ2) is 8.78. The first-order valence-electron chi connectivity index (χ1n) is 12.4. The monoisotopic (exact) mass is 430 g/mol. The van der Waals surface area contributed by atoms with E-state index in [9.17, 15) is 15.3 Å². The van der Waals surface area contributed by atoms with Crippen LogP contribution in [0.15, 0.2) is 35.5 Å². The molecular weight excluding hydrogens is 388 g/mol. The molecule has 0 bridgehead atoms. The topological polar surface area (TPSA) is 73.2 Å². The highest BCUT2D eigenvalue weighted by atomic mass is 16.6. The summed E-state index contributed by atoms with van der Waals surface area (Å²) in [6, 6.07) is 0. The second-order valence-corrected chi connectivity index (χ2v) is 11.3. The fourth-order valence-electron chi connectivity index (χ4n) is 6.91. The molecule has 3 saturated carbocycles. The zero-order chi connectivity index (χ0) is 22.4. The molecule has 4 heteroatoms. The van der Waals surface area contributed by atoms with Gasteiger partial charge in [-0.15, -0.1) is 0 Å². The first kappa shape index (κ1) is 23.2. The maximum atomic E-state index is 10.4. The molecule has 1 aliphatic heterocycles. The Kier molecular flexibility index (Phi) is 6.58. The number of fused-ring (bicyclic) bond motifs is 1. The largest absolute Gasteiger partial charge is 0.393 e. The first-order chi connectivity index (χ1) is 14.6. The molecule has 174 valence electrons. The maximum absolute atomic E-state index is 10.4. The third-order valence-corrected chi connectivity index (χ3v) is 9.19. The van der Waals surface area contributed by atoms with Gasteiger partial charge in [-0.2, -0.15) is 0 Å². The van der Waals surface area contributed by atoms with Gasteiger partial charge in [-0.3, -0.25) is 0 Å². The summed E-state index contributed by atoms with van der Waals surface area (Å²) >= 11 is 0. The van der Waals surface area contributed by atoms with Crippen LogP contribution in [-0.4, -0.2) is 45.8 Å².